The van der Waals surface area contributed by atoms with E-state index in [1.54, 1.807) is 30.4 Å². The number of benzene rings is 1. The van der Waals surface area contributed by atoms with Crippen molar-refractivity contribution in [1.29, 1.82) is 0 Å². The van der Waals surface area contributed by atoms with E-state index in [1.165, 1.54) is 18.9 Å². The fraction of sp³-hybridized carbons (Fsp3) is 0.267. The van der Waals surface area contributed by atoms with Gasteiger partial charge in [0, 0.05) is 23.4 Å². The van der Waals surface area contributed by atoms with E-state index < -0.39 is 0 Å². The van der Waals surface area contributed by atoms with Gasteiger partial charge >= 0.3 is 0 Å². The fourth-order valence-corrected chi connectivity index (χ4v) is 3.37. The third-order valence-corrected chi connectivity index (χ3v) is 4.59. The minimum atomic E-state index is -0.227. The molecule has 0 bridgehead atoms. The lowest BCUT2D eigenvalue weighted by atomic mass is 10.1. The van der Waals surface area contributed by atoms with Crippen LogP contribution in [-0.4, -0.2) is 19.7 Å². The van der Waals surface area contributed by atoms with Gasteiger partial charge in [-0.25, -0.2) is 4.39 Å². The van der Waals surface area contributed by atoms with Crippen molar-refractivity contribution in [3.05, 3.63) is 48.2 Å². The number of pyridine rings is 1. The molecule has 0 unspecified atom stereocenters. The largest absolute Gasteiger partial charge is 0.306 e. The van der Waals surface area contributed by atoms with E-state index >= 15 is 0 Å². The van der Waals surface area contributed by atoms with Gasteiger partial charge in [-0.15, -0.1) is 10.2 Å². The highest BCUT2D eigenvalue weighted by atomic mass is 32.2. The predicted octanol–water partition coefficient (Wildman–Crippen LogP) is 3.59. The van der Waals surface area contributed by atoms with Gasteiger partial charge in [0.05, 0.1) is 5.52 Å². The Morgan fingerprint density at radius 2 is 2.24 bits per heavy atom. The van der Waals surface area contributed by atoms with E-state index in [-0.39, 0.29) is 5.82 Å². The van der Waals surface area contributed by atoms with E-state index in [1.807, 2.05) is 12.1 Å². The highest BCUT2D eigenvalue weighted by molar-refractivity contribution is 7.98. The SMILES string of the molecule is Fc1cc(CSc2nncn2C2CC2)c2ncccc2c1. The predicted molar refractivity (Wildman–Crippen MR) is 79.6 cm³/mol. The third-order valence-electron chi connectivity index (χ3n) is 3.59. The number of fused-ring (bicyclic) bond motifs is 1. The minimum absolute atomic E-state index is 0.227. The summed E-state index contributed by atoms with van der Waals surface area (Å²) in [7, 11) is 0. The van der Waals surface area contributed by atoms with Crippen LogP contribution in [0.15, 0.2) is 41.9 Å². The summed E-state index contributed by atoms with van der Waals surface area (Å²) in [5, 5.41) is 9.86. The van der Waals surface area contributed by atoms with Gasteiger partial charge in [-0.2, -0.15) is 0 Å². The number of hydrogen-bond acceptors (Lipinski definition) is 4. The van der Waals surface area contributed by atoms with Crippen molar-refractivity contribution in [2.45, 2.75) is 29.8 Å². The lowest BCUT2D eigenvalue weighted by Crippen LogP contribution is -1.96. The monoisotopic (exact) mass is 300 g/mol. The summed E-state index contributed by atoms with van der Waals surface area (Å²) < 4.78 is 15.8. The Bertz CT molecular complexity index is 797. The second-order valence-corrected chi connectivity index (χ2v) is 6.12. The van der Waals surface area contributed by atoms with E-state index in [9.17, 15) is 4.39 Å². The van der Waals surface area contributed by atoms with Gasteiger partial charge in [0.1, 0.15) is 12.1 Å². The molecule has 0 radical (unpaired) electrons. The van der Waals surface area contributed by atoms with Crippen molar-refractivity contribution in [1.82, 2.24) is 19.7 Å². The van der Waals surface area contributed by atoms with Crippen molar-refractivity contribution in [3.63, 3.8) is 0 Å². The zero-order valence-corrected chi connectivity index (χ0v) is 12.1. The molecule has 0 amide bonds. The summed E-state index contributed by atoms with van der Waals surface area (Å²) in [6.45, 7) is 0. The molecule has 1 aliphatic carbocycles. The molecule has 1 fully saturated rings. The molecule has 3 aromatic rings. The number of halogens is 1. The van der Waals surface area contributed by atoms with Gasteiger partial charge in [-0.05, 0) is 36.6 Å². The molecular weight excluding hydrogens is 287 g/mol. The molecule has 0 aliphatic heterocycles. The highest BCUT2D eigenvalue weighted by Gasteiger charge is 2.26. The zero-order chi connectivity index (χ0) is 14.2. The van der Waals surface area contributed by atoms with E-state index in [0.717, 1.165) is 21.6 Å². The van der Waals surface area contributed by atoms with Crippen LogP contribution in [0.2, 0.25) is 0 Å². The molecule has 4 rings (SSSR count). The second-order valence-electron chi connectivity index (χ2n) is 5.18. The number of rotatable bonds is 4. The molecule has 2 heterocycles. The van der Waals surface area contributed by atoms with Crippen LogP contribution < -0.4 is 0 Å². The molecule has 2 aromatic heterocycles. The maximum absolute atomic E-state index is 13.7. The summed E-state index contributed by atoms with van der Waals surface area (Å²) in [5.41, 5.74) is 1.74. The molecule has 21 heavy (non-hydrogen) atoms. The van der Waals surface area contributed by atoms with Gasteiger partial charge in [-0.3, -0.25) is 4.98 Å². The van der Waals surface area contributed by atoms with Gasteiger partial charge in [-0.1, -0.05) is 17.8 Å². The molecule has 6 heteroatoms. The van der Waals surface area contributed by atoms with Gasteiger partial charge < -0.3 is 4.57 Å². The summed E-state index contributed by atoms with van der Waals surface area (Å²) in [4.78, 5) is 4.37. The Hall–Kier alpha value is -1.95. The van der Waals surface area contributed by atoms with Crippen LogP contribution in [-0.2, 0) is 5.75 Å². The molecule has 0 N–H and O–H groups in total. The Morgan fingerprint density at radius 1 is 1.33 bits per heavy atom. The second kappa shape index (κ2) is 5.11. The molecular formula is C15H13FN4S. The highest BCUT2D eigenvalue weighted by Crippen LogP contribution is 2.38. The van der Waals surface area contributed by atoms with Crippen LogP contribution >= 0.6 is 11.8 Å². The fourth-order valence-electron chi connectivity index (χ4n) is 2.42. The Morgan fingerprint density at radius 3 is 3.10 bits per heavy atom. The summed E-state index contributed by atoms with van der Waals surface area (Å²) >= 11 is 1.58. The van der Waals surface area contributed by atoms with E-state index in [2.05, 4.69) is 19.7 Å². The Labute approximate surface area is 125 Å². The maximum Gasteiger partial charge on any atom is 0.191 e. The van der Waals surface area contributed by atoms with Gasteiger partial charge in [0.15, 0.2) is 5.16 Å². The first-order valence-corrected chi connectivity index (χ1v) is 7.85. The van der Waals surface area contributed by atoms with Crippen LogP contribution in [0.3, 0.4) is 0 Å². The van der Waals surface area contributed by atoms with Gasteiger partial charge in [0.25, 0.3) is 0 Å². The average molecular weight is 300 g/mol. The molecule has 106 valence electrons. The molecule has 1 saturated carbocycles. The zero-order valence-electron chi connectivity index (χ0n) is 11.2. The molecule has 1 aromatic carbocycles. The summed E-state index contributed by atoms with van der Waals surface area (Å²) in [6, 6.07) is 7.32. The van der Waals surface area contributed by atoms with Crippen LogP contribution in [0.1, 0.15) is 24.4 Å². The summed E-state index contributed by atoms with van der Waals surface area (Å²) in [6.07, 6.45) is 5.90. The summed E-state index contributed by atoms with van der Waals surface area (Å²) in [5.74, 6) is 0.409. The van der Waals surface area contributed by atoms with Crippen molar-refractivity contribution < 1.29 is 4.39 Å². The van der Waals surface area contributed by atoms with Crippen molar-refractivity contribution in [2.24, 2.45) is 0 Å². The average Bonchev–Trinajstić information content (AvgIpc) is 3.23. The smallest absolute Gasteiger partial charge is 0.191 e. The van der Waals surface area contributed by atoms with Crippen LogP contribution in [0, 0.1) is 5.82 Å². The molecule has 4 nitrogen and oxygen atoms in total. The van der Waals surface area contributed by atoms with E-state index in [4.69, 9.17) is 0 Å². The first kappa shape index (κ1) is 12.8. The Kier molecular flexibility index (Phi) is 3.11. The van der Waals surface area contributed by atoms with Crippen LogP contribution in [0.25, 0.3) is 10.9 Å². The normalized spacial score (nSPS) is 14.7. The Balaban J connectivity index is 1.63. The lowest BCUT2D eigenvalue weighted by Gasteiger charge is -2.07. The molecule has 0 atom stereocenters. The van der Waals surface area contributed by atoms with Crippen molar-refractivity contribution in [3.8, 4) is 0 Å². The van der Waals surface area contributed by atoms with Crippen LogP contribution in [0.4, 0.5) is 4.39 Å². The van der Waals surface area contributed by atoms with E-state index in [0.29, 0.717) is 11.8 Å². The van der Waals surface area contributed by atoms with Crippen molar-refractivity contribution >= 4 is 22.7 Å². The first-order valence-electron chi connectivity index (χ1n) is 6.87. The van der Waals surface area contributed by atoms with Crippen LogP contribution in [0.5, 0.6) is 0 Å². The number of hydrogen-bond donors (Lipinski definition) is 0. The quantitative estimate of drug-likeness (QED) is 0.691. The number of thioether (sulfide) groups is 1. The topological polar surface area (TPSA) is 43.6 Å². The van der Waals surface area contributed by atoms with Gasteiger partial charge in [0.2, 0.25) is 0 Å². The third kappa shape index (κ3) is 2.51. The molecule has 0 spiro atoms. The minimum Gasteiger partial charge on any atom is -0.306 e. The van der Waals surface area contributed by atoms with Crippen molar-refractivity contribution in [2.75, 3.05) is 0 Å². The number of nitrogens with zero attached hydrogens (tertiary/aromatic N) is 4. The lowest BCUT2D eigenvalue weighted by molar-refractivity contribution is 0.628. The first-order chi connectivity index (χ1) is 10.3. The molecule has 0 saturated heterocycles. The maximum atomic E-state index is 13.7. The standard InChI is InChI=1S/C15H13FN4S/c16-12-6-10-2-1-5-17-14(10)11(7-12)8-21-15-19-18-9-20(15)13-3-4-13/h1-2,5-7,9,13H,3-4,8H2. The number of aromatic nitrogens is 4. The molecule has 1 aliphatic rings.